The van der Waals surface area contributed by atoms with Crippen LogP contribution in [-0.2, 0) is 4.74 Å². The second-order valence-electron chi connectivity index (χ2n) is 5.78. The van der Waals surface area contributed by atoms with Crippen molar-refractivity contribution in [2.24, 2.45) is 5.92 Å². The highest BCUT2D eigenvalue weighted by molar-refractivity contribution is 5.89. The molecule has 1 aliphatic rings. The fraction of sp³-hybridized carbons (Fsp3) is 0.529. The number of hydrogen-bond acceptors (Lipinski definition) is 4. The molecule has 0 aliphatic heterocycles. The van der Waals surface area contributed by atoms with Crippen molar-refractivity contribution in [1.82, 2.24) is 5.32 Å². The van der Waals surface area contributed by atoms with Gasteiger partial charge in [-0.1, -0.05) is 19.8 Å². The van der Waals surface area contributed by atoms with E-state index in [0.717, 1.165) is 19.3 Å². The van der Waals surface area contributed by atoms with E-state index >= 15 is 0 Å². The molecule has 0 spiro atoms. The third kappa shape index (κ3) is 5.47. The van der Waals surface area contributed by atoms with Crippen LogP contribution < -0.4 is 15.4 Å². The fourth-order valence-electron chi connectivity index (χ4n) is 2.72. The van der Waals surface area contributed by atoms with Gasteiger partial charge in [-0.2, -0.15) is 0 Å². The third-order valence-corrected chi connectivity index (χ3v) is 4.00. The summed E-state index contributed by atoms with van der Waals surface area (Å²) in [6.07, 6.45) is 3.85. The van der Waals surface area contributed by atoms with Crippen LogP contribution in [0.1, 0.15) is 39.5 Å². The molecule has 23 heavy (non-hydrogen) atoms. The van der Waals surface area contributed by atoms with Crippen molar-refractivity contribution < 1.29 is 19.1 Å². The van der Waals surface area contributed by atoms with Gasteiger partial charge in [0.05, 0.1) is 6.61 Å². The first-order valence-electron chi connectivity index (χ1n) is 8.10. The van der Waals surface area contributed by atoms with E-state index in [4.69, 9.17) is 9.47 Å². The molecule has 6 nitrogen and oxygen atoms in total. The van der Waals surface area contributed by atoms with Crippen molar-refractivity contribution in [3.63, 3.8) is 0 Å². The monoisotopic (exact) mass is 320 g/mol. The highest BCUT2D eigenvalue weighted by atomic mass is 16.7. The maximum atomic E-state index is 12.0. The molecule has 1 aliphatic carbocycles. The van der Waals surface area contributed by atoms with Crippen LogP contribution in [0.15, 0.2) is 24.3 Å². The second-order valence-corrected chi connectivity index (χ2v) is 5.78. The summed E-state index contributed by atoms with van der Waals surface area (Å²) < 4.78 is 9.66. The molecule has 126 valence electrons. The molecule has 1 aromatic rings. The van der Waals surface area contributed by atoms with Gasteiger partial charge in [0.1, 0.15) is 5.75 Å². The zero-order valence-corrected chi connectivity index (χ0v) is 13.6. The molecule has 1 fully saturated rings. The van der Waals surface area contributed by atoms with Gasteiger partial charge in [-0.05, 0) is 49.9 Å². The Kier molecular flexibility index (Phi) is 6.26. The molecule has 2 atom stereocenters. The van der Waals surface area contributed by atoms with Gasteiger partial charge in [0.2, 0.25) is 0 Å². The molecule has 0 aromatic heterocycles. The summed E-state index contributed by atoms with van der Waals surface area (Å²) in [5, 5.41) is 5.82. The summed E-state index contributed by atoms with van der Waals surface area (Å²) in [7, 11) is 0. The normalized spacial score (nSPS) is 20.4. The zero-order chi connectivity index (χ0) is 16.7. The quantitative estimate of drug-likeness (QED) is 0.651. The van der Waals surface area contributed by atoms with Crippen molar-refractivity contribution in [1.29, 1.82) is 0 Å². The van der Waals surface area contributed by atoms with Crippen LogP contribution in [0.2, 0.25) is 0 Å². The van der Waals surface area contributed by atoms with Crippen LogP contribution in [0, 0.1) is 5.92 Å². The van der Waals surface area contributed by atoms with Gasteiger partial charge < -0.3 is 20.1 Å². The lowest BCUT2D eigenvalue weighted by atomic mass is 9.86. The molecular weight excluding hydrogens is 296 g/mol. The minimum Gasteiger partial charge on any atom is -0.434 e. The van der Waals surface area contributed by atoms with E-state index in [1.807, 2.05) is 0 Å². The molecule has 2 rings (SSSR count). The topological polar surface area (TPSA) is 76.7 Å². The van der Waals surface area contributed by atoms with Crippen molar-refractivity contribution in [3.05, 3.63) is 24.3 Å². The van der Waals surface area contributed by atoms with E-state index in [9.17, 15) is 9.59 Å². The predicted octanol–water partition coefficient (Wildman–Crippen LogP) is 3.92. The lowest BCUT2D eigenvalue weighted by Crippen LogP contribution is -2.43. The lowest BCUT2D eigenvalue weighted by Gasteiger charge is -2.29. The number of carbonyl (C=O) groups excluding carboxylic acids is 2. The molecule has 2 amide bonds. The third-order valence-electron chi connectivity index (χ3n) is 4.00. The Bertz CT molecular complexity index is 530. The number of amides is 2. The van der Waals surface area contributed by atoms with E-state index < -0.39 is 6.16 Å². The highest BCUT2D eigenvalue weighted by Gasteiger charge is 2.22. The molecule has 0 bridgehead atoms. The summed E-state index contributed by atoms with van der Waals surface area (Å²) in [5.41, 5.74) is 0.641. The number of hydrogen-bond donors (Lipinski definition) is 2. The Hall–Kier alpha value is -2.24. The summed E-state index contributed by atoms with van der Waals surface area (Å²) in [6, 6.07) is 6.60. The smallest absolute Gasteiger partial charge is 0.434 e. The van der Waals surface area contributed by atoms with E-state index in [1.165, 1.54) is 6.42 Å². The first-order valence-corrected chi connectivity index (χ1v) is 8.10. The average Bonchev–Trinajstić information content (AvgIpc) is 2.52. The number of benzene rings is 1. The summed E-state index contributed by atoms with van der Waals surface area (Å²) in [6.45, 7) is 4.14. The van der Waals surface area contributed by atoms with Crippen LogP contribution in [-0.4, -0.2) is 24.8 Å². The SMILES string of the molecule is CCOC(=O)Oc1ccc(NC(=O)NC2CCCCC2C)cc1. The maximum absolute atomic E-state index is 12.0. The first kappa shape index (κ1) is 17.1. The summed E-state index contributed by atoms with van der Waals surface area (Å²) in [5.74, 6) is 0.880. The second kappa shape index (κ2) is 8.41. The molecule has 2 N–H and O–H groups in total. The standard InChI is InChI=1S/C17H24N2O4/c1-3-22-17(21)23-14-10-8-13(9-11-14)18-16(20)19-15-7-5-4-6-12(15)2/h8-12,15H,3-7H2,1-2H3,(H2,18,19,20). The molecule has 0 heterocycles. The molecule has 2 unspecified atom stereocenters. The van der Waals surface area contributed by atoms with Crippen LogP contribution in [0.25, 0.3) is 0 Å². The first-order chi connectivity index (χ1) is 11.1. The number of rotatable bonds is 4. The fourth-order valence-corrected chi connectivity index (χ4v) is 2.72. The van der Waals surface area contributed by atoms with Gasteiger partial charge in [0, 0.05) is 11.7 Å². The molecular formula is C17H24N2O4. The van der Waals surface area contributed by atoms with E-state index in [-0.39, 0.29) is 18.7 Å². The molecule has 1 aromatic carbocycles. The minimum atomic E-state index is -0.739. The Morgan fingerprint density at radius 3 is 2.52 bits per heavy atom. The van der Waals surface area contributed by atoms with Crippen LogP contribution in [0.3, 0.4) is 0 Å². The van der Waals surface area contributed by atoms with E-state index in [1.54, 1.807) is 31.2 Å². The molecule has 1 saturated carbocycles. The van der Waals surface area contributed by atoms with Gasteiger partial charge in [-0.3, -0.25) is 0 Å². The molecule has 0 saturated heterocycles. The van der Waals surface area contributed by atoms with Crippen LogP contribution in [0.4, 0.5) is 15.3 Å². The molecule has 6 heteroatoms. The Morgan fingerprint density at radius 2 is 1.87 bits per heavy atom. The lowest BCUT2D eigenvalue weighted by molar-refractivity contribution is 0.104. The van der Waals surface area contributed by atoms with Crippen LogP contribution >= 0.6 is 0 Å². The number of urea groups is 1. The Balaban J connectivity index is 1.82. The number of nitrogens with one attached hydrogen (secondary N) is 2. The van der Waals surface area contributed by atoms with Crippen molar-refractivity contribution >= 4 is 17.9 Å². The zero-order valence-electron chi connectivity index (χ0n) is 13.6. The van der Waals surface area contributed by atoms with Gasteiger partial charge >= 0.3 is 12.2 Å². The van der Waals surface area contributed by atoms with Crippen molar-refractivity contribution in [2.75, 3.05) is 11.9 Å². The largest absolute Gasteiger partial charge is 0.513 e. The Labute approximate surface area is 136 Å². The summed E-state index contributed by atoms with van der Waals surface area (Å²) in [4.78, 5) is 23.2. The van der Waals surface area contributed by atoms with Gasteiger partial charge in [-0.25, -0.2) is 9.59 Å². The van der Waals surface area contributed by atoms with Gasteiger partial charge in [0.25, 0.3) is 0 Å². The summed E-state index contributed by atoms with van der Waals surface area (Å²) >= 11 is 0. The van der Waals surface area contributed by atoms with Crippen molar-refractivity contribution in [2.45, 2.75) is 45.6 Å². The minimum absolute atomic E-state index is 0.206. The van der Waals surface area contributed by atoms with E-state index in [2.05, 4.69) is 17.6 Å². The van der Waals surface area contributed by atoms with Gasteiger partial charge in [-0.15, -0.1) is 0 Å². The number of ether oxygens (including phenoxy) is 2. The Morgan fingerprint density at radius 1 is 1.17 bits per heavy atom. The van der Waals surface area contributed by atoms with Crippen molar-refractivity contribution in [3.8, 4) is 5.75 Å². The number of anilines is 1. The number of carbonyl (C=O) groups is 2. The van der Waals surface area contributed by atoms with E-state index in [0.29, 0.717) is 17.4 Å². The van der Waals surface area contributed by atoms with Gasteiger partial charge in [0.15, 0.2) is 0 Å². The predicted molar refractivity (Wildman–Crippen MR) is 87.7 cm³/mol. The molecule has 0 radical (unpaired) electrons. The average molecular weight is 320 g/mol. The maximum Gasteiger partial charge on any atom is 0.513 e. The van der Waals surface area contributed by atoms with Crippen LogP contribution in [0.5, 0.6) is 5.75 Å². The highest BCUT2D eigenvalue weighted by Crippen LogP contribution is 2.24.